The molecule has 0 bridgehead atoms. The average Bonchev–Trinajstić information content (AvgIpc) is 2.34. The highest BCUT2D eigenvalue weighted by molar-refractivity contribution is 5.65. The van der Waals surface area contributed by atoms with Gasteiger partial charge < -0.3 is 15.1 Å². The summed E-state index contributed by atoms with van der Waals surface area (Å²) in [5.41, 5.74) is 0.943. The first kappa shape index (κ1) is 13.2. The van der Waals surface area contributed by atoms with Crippen LogP contribution in [-0.2, 0) is 0 Å². The third kappa shape index (κ3) is 5.10. The molecule has 0 saturated carbocycles. The number of unbranched alkanes of at least 4 members (excludes halogenated alkanes) is 1. The number of hydrogen-bond donors (Lipinski definition) is 2. The number of hydrogen-bond acceptors (Lipinski definition) is 2. The summed E-state index contributed by atoms with van der Waals surface area (Å²) in [6.07, 6.45) is 2.90. The van der Waals surface area contributed by atoms with E-state index in [2.05, 4.69) is 23.7 Å². The zero-order valence-corrected chi connectivity index (χ0v) is 9.57. The van der Waals surface area contributed by atoms with Gasteiger partial charge in [-0.05, 0) is 24.7 Å². The van der Waals surface area contributed by atoms with Crippen LogP contribution in [0.25, 0.3) is 0 Å². The predicted molar refractivity (Wildman–Crippen MR) is 64.2 cm³/mol. The highest BCUT2D eigenvalue weighted by atomic mass is 16.4. The van der Waals surface area contributed by atoms with Crippen LogP contribution in [-0.4, -0.2) is 40.9 Å². The highest BCUT2D eigenvalue weighted by Crippen LogP contribution is 2.09. The SMILES string of the molecule is O=C(O)N1CC=C(C#CC#CCCCO)CC1. The van der Waals surface area contributed by atoms with Gasteiger partial charge in [-0.1, -0.05) is 17.9 Å². The molecule has 0 aromatic rings. The van der Waals surface area contributed by atoms with Crippen molar-refractivity contribution >= 4 is 6.09 Å². The van der Waals surface area contributed by atoms with Crippen LogP contribution in [0.3, 0.4) is 0 Å². The molecule has 2 N–H and O–H groups in total. The van der Waals surface area contributed by atoms with Crippen LogP contribution in [0.1, 0.15) is 19.3 Å². The molecule has 0 radical (unpaired) electrons. The Morgan fingerprint density at radius 1 is 1.47 bits per heavy atom. The molecule has 17 heavy (non-hydrogen) atoms. The van der Waals surface area contributed by atoms with E-state index in [0.717, 1.165) is 5.57 Å². The van der Waals surface area contributed by atoms with Crippen LogP contribution in [0, 0.1) is 23.7 Å². The average molecular weight is 233 g/mol. The van der Waals surface area contributed by atoms with E-state index in [1.54, 1.807) is 0 Å². The number of aliphatic hydroxyl groups excluding tert-OH is 1. The summed E-state index contributed by atoms with van der Waals surface area (Å²) in [6.45, 7) is 1.04. The highest BCUT2D eigenvalue weighted by Gasteiger charge is 2.14. The summed E-state index contributed by atoms with van der Waals surface area (Å²) in [4.78, 5) is 12.0. The molecule has 1 aliphatic rings. The smallest absolute Gasteiger partial charge is 0.407 e. The second-order valence-corrected chi connectivity index (χ2v) is 3.59. The van der Waals surface area contributed by atoms with Gasteiger partial charge in [0.1, 0.15) is 0 Å². The van der Waals surface area contributed by atoms with Gasteiger partial charge in [-0.3, -0.25) is 0 Å². The lowest BCUT2D eigenvalue weighted by Gasteiger charge is -2.21. The van der Waals surface area contributed by atoms with Crippen LogP contribution >= 0.6 is 0 Å². The lowest BCUT2D eigenvalue weighted by Crippen LogP contribution is -2.33. The third-order valence-corrected chi connectivity index (χ3v) is 2.31. The summed E-state index contributed by atoms with van der Waals surface area (Å²) >= 11 is 0. The van der Waals surface area contributed by atoms with Gasteiger partial charge in [-0.25, -0.2) is 4.79 Å². The summed E-state index contributed by atoms with van der Waals surface area (Å²) in [6, 6.07) is 0. The second-order valence-electron chi connectivity index (χ2n) is 3.59. The van der Waals surface area contributed by atoms with E-state index >= 15 is 0 Å². The van der Waals surface area contributed by atoms with Crippen LogP contribution in [0.5, 0.6) is 0 Å². The Morgan fingerprint density at radius 2 is 2.29 bits per heavy atom. The van der Waals surface area contributed by atoms with Crippen molar-refractivity contribution in [1.82, 2.24) is 4.90 Å². The maximum atomic E-state index is 10.6. The first-order valence-corrected chi connectivity index (χ1v) is 5.50. The third-order valence-electron chi connectivity index (χ3n) is 2.31. The molecule has 0 aliphatic carbocycles. The number of amides is 1. The molecule has 1 heterocycles. The molecule has 0 atom stereocenters. The minimum atomic E-state index is -0.892. The van der Waals surface area contributed by atoms with Crippen molar-refractivity contribution < 1.29 is 15.0 Å². The molecule has 0 aromatic heterocycles. The first-order valence-electron chi connectivity index (χ1n) is 5.50. The molecule has 0 unspecified atom stereocenters. The molecule has 1 aliphatic heterocycles. The molecule has 0 saturated heterocycles. The van der Waals surface area contributed by atoms with Crippen molar-refractivity contribution in [1.29, 1.82) is 0 Å². The standard InChI is InChI=1S/C13H15NO3/c15-11-5-3-1-2-4-6-12-7-9-14(10-8-12)13(16)17/h7,15H,3,5,8-11H2,(H,16,17). The molecule has 4 nitrogen and oxygen atoms in total. The molecule has 4 heteroatoms. The Bertz CT molecular complexity index is 417. The van der Waals surface area contributed by atoms with Gasteiger partial charge >= 0.3 is 6.09 Å². The molecular formula is C13H15NO3. The Kier molecular flexibility index (Phi) is 5.71. The molecular weight excluding hydrogens is 218 g/mol. The number of aliphatic hydroxyl groups is 1. The lowest BCUT2D eigenvalue weighted by molar-refractivity contribution is 0.149. The van der Waals surface area contributed by atoms with Crippen LogP contribution in [0.4, 0.5) is 4.79 Å². The van der Waals surface area contributed by atoms with Gasteiger partial charge in [0.15, 0.2) is 0 Å². The van der Waals surface area contributed by atoms with E-state index in [9.17, 15) is 4.79 Å². The Balaban J connectivity index is 2.40. The Labute approximate surface area is 101 Å². The summed E-state index contributed by atoms with van der Waals surface area (Å²) in [5.74, 6) is 11.2. The molecule has 1 amide bonds. The van der Waals surface area contributed by atoms with Crippen molar-refractivity contribution in [2.24, 2.45) is 0 Å². The number of nitrogens with zero attached hydrogens (tertiary/aromatic N) is 1. The molecule has 0 spiro atoms. The van der Waals surface area contributed by atoms with Crippen molar-refractivity contribution in [3.8, 4) is 23.7 Å². The van der Waals surface area contributed by atoms with Crippen LogP contribution < -0.4 is 0 Å². The fourth-order valence-corrected chi connectivity index (χ4v) is 1.34. The first-order chi connectivity index (χ1) is 8.24. The number of carboxylic acid groups (broad SMARTS) is 1. The van der Waals surface area contributed by atoms with E-state index in [0.29, 0.717) is 32.4 Å². The molecule has 0 fully saturated rings. The van der Waals surface area contributed by atoms with E-state index in [1.807, 2.05) is 6.08 Å². The molecule has 0 aromatic carbocycles. The van der Waals surface area contributed by atoms with Crippen molar-refractivity contribution in [3.05, 3.63) is 11.6 Å². The van der Waals surface area contributed by atoms with E-state index in [4.69, 9.17) is 10.2 Å². The topological polar surface area (TPSA) is 60.8 Å². The summed E-state index contributed by atoms with van der Waals surface area (Å²) in [7, 11) is 0. The van der Waals surface area contributed by atoms with E-state index in [-0.39, 0.29) is 6.61 Å². The fraction of sp³-hybridized carbons (Fsp3) is 0.462. The predicted octanol–water partition coefficient (Wildman–Crippen LogP) is 1.08. The normalized spacial score (nSPS) is 13.9. The quantitative estimate of drug-likeness (QED) is 0.554. The maximum Gasteiger partial charge on any atom is 0.407 e. The van der Waals surface area contributed by atoms with Gasteiger partial charge in [0, 0.05) is 31.7 Å². The summed E-state index contributed by atoms with van der Waals surface area (Å²) < 4.78 is 0. The largest absolute Gasteiger partial charge is 0.465 e. The van der Waals surface area contributed by atoms with Gasteiger partial charge in [0.25, 0.3) is 0 Å². The number of rotatable bonds is 2. The van der Waals surface area contributed by atoms with Crippen molar-refractivity contribution in [2.75, 3.05) is 19.7 Å². The number of carbonyl (C=O) groups is 1. The van der Waals surface area contributed by atoms with Gasteiger partial charge in [0.05, 0.1) is 0 Å². The zero-order valence-electron chi connectivity index (χ0n) is 9.57. The maximum absolute atomic E-state index is 10.6. The lowest BCUT2D eigenvalue weighted by atomic mass is 10.1. The fourth-order valence-electron chi connectivity index (χ4n) is 1.34. The second kappa shape index (κ2) is 7.38. The van der Waals surface area contributed by atoms with Crippen LogP contribution in [0.15, 0.2) is 11.6 Å². The van der Waals surface area contributed by atoms with Gasteiger partial charge in [-0.15, -0.1) is 0 Å². The van der Waals surface area contributed by atoms with Gasteiger partial charge in [0.2, 0.25) is 0 Å². The van der Waals surface area contributed by atoms with Gasteiger partial charge in [-0.2, -0.15) is 0 Å². The van der Waals surface area contributed by atoms with Crippen molar-refractivity contribution in [3.63, 3.8) is 0 Å². The molecule has 90 valence electrons. The Hall–Kier alpha value is -1.91. The van der Waals surface area contributed by atoms with E-state index < -0.39 is 6.09 Å². The molecule has 1 rings (SSSR count). The minimum absolute atomic E-state index is 0.151. The monoisotopic (exact) mass is 233 g/mol. The summed E-state index contributed by atoms with van der Waals surface area (Å²) in [5, 5.41) is 17.3. The minimum Gasteiger partial charge on any atom is -0.465 e. The Morgan fingerprint density at radius 3 is 2.88 bits per heavy atom. The zero-order chi connectivity index (χ0) is 12.5. The van der Waals surface area contributed by atoms with Crippen LogP contribution in [0.2, 0.25) is 0 Å². The van der Waals surface area contributed by atoms with Crippen molar-refractivity contribution in [2.45, 2.75) is 19.3 Å². The van der Waals surface area contributed by atoms with E-state index in [1.165, 1.54) is 4.90 Å².